The van der Waals surface area contributed by atoms with Gasteiger partial charge < -0.3 is 4.74 Å². The van der Waals surface area contributed by atoms with E-state index in [1.54, 1.807) is 0 Å². The van der Waals surface area contributed by atoms with Crippen LogP contribution in [0.15, 0.2) is 22.8 Å². The van der Waals surface area contributed by atoms with Crippen LogP contribution in [0.4, 0.5) is 0 Å². The number of carbonyl (C=O) groups is 2. The summed E-state index contributed by atoms with van der Waals surface area (Å²) in [7, 11) is 0. The molecule has 0 aromatic heterocycles. The van der Waals surface area contributed by atoms with Gasteiger partial charge in [-0.3, -0.25) is 9.59 Å². The highest BCUT2D eigenvalue weighted by Gasteiger charge is 2.61. The second kappa shape index (κ2) is 5.76. The average Bonchev–Trinajstić information content (AvgIpc) is 2.83. The molecule has 2 rings (SSSR count). The minimum atomic E-state index is -0.438. The Balaban J connectivity index is 2.07. The Morgan fingerprint density at radius 3 is 2.64 bits per heavy atom. The van der Waals surface area contributed by atoms with Gasteiger partial charge in [0.05, 0.1) is 12.3 Å². The first kappa shape index (κ1) is 16.5. The fraction of sp³-hybridized carbons (Fsp3) is 0.579. The molecule has 0 bridgehead atoms. The molecule has 3 atom stereocenters. The van der Waals surface area contributed by atoms with Crippen LogP contribution in [0, 0.1) is 29.6 Å². The standard InChI is InChI=1S/C19H24O3/c1-7-8-13-12(4)16(10-15(13)20)22-18(21)17-14(9-11(2)3)19(17,5)6/h1,9,14,16-17H,8,10H2,2-6H3/t14-,16+,17+/m0/s1. The van der Waals surface area contributed by atoms with E-state index in [-0.39, 0.29) is 35.4 Å². The van der Waals surface area contributed by atoms with Crippen LogP contribution >= 0.6 is 0 Å². The molecule has 2 aliphatic carbocycles. The van der Waals surface area contributed by atoms with E-state index >= 15 is 0 Å². The van der Waals surface area contributed by atoms with Crippen molar-refractivity contribution in [1.82, 2.24) is 0 Å². The summed E-state index contributed by atoms with van der Waals surface area (Å²) in [4.78, 5) is 24.4. The SMILES string of the molecule is C#CCC1=C(C)[C@H](OC(=O)[C@H]2[C@H](C=C(C)C)C2(C)C)CC1=O. The summed E-state index contributed by atoms with van der Waals surface area (Å²) in [6.45, 7) is 10.1. The van der Waals surface area contributed by atoms with E-state index in [0.717, 1.165) is 5.57 Å². The van der Waals surface area contributed by atoms with E-state index in [4.69, 9.17) is 11.2 Å². The molecule has 0 spiro atoms. The Kier molecular flexibility index (Phi) is 4.33. The van der Waals surface area contributed by atoms with Crippen LogP contribution in [0.1, 0.15) is 47.5 Å². The molecule has 0 aromatic rings. The van der Waals surface area contributed by atoms with Gasteiger partial charge in [0.2, 0.25) is 0 Å². The first-order valence-electron chi connectivity index (χ1n) is 7.72. The van der Waals surface area contributed by atoms with Gasteiger partial charge >= 0.3 is 5.97 Å². The summed E-state index contributed by atoms with van der Waals surface area (Å²) in [6.07, 6.45) is 7.53. The zero-order valence-electron chi connectivity index (χ0n) is 14.0. The zero-order chi connectivity index (χ0) is 16.7. The lowest BCUT2D eigenvalue weighted by Crippen LogP contribution is -2.20. The predicted molar refractivity (Wildman–Crippen MR) is 85.8 cm³/mol. The first-order chi connectivity index (χ1) is 10.2. The summed E-state index contributed by atoms with van der Waals surface area (Å²) in [5, 5.41) is 0. The number of rotatable bonds is 4. The van der Waals surface area contributed by atoms with Crippen LogP contribution in [0.25, 0.3) is 0 Å². The normalized spacial score (nSPS) is 29.1. The van der Waals surface area contributed by atoms with Crippen molar-refractivity contribution in [2.75, 3.05) is 0 Å². The quantitative estimate of drug-likeness (QED) is 0.454. The molecular formula is C19H24O3. The smallest absolute Gasteiger partial charge is 0.310 e. The molecule has 1 saturated carbocycles. The highest BCUT2D eigenvalue weighted by Crippen LogP contribution is 2.60. The number of ether oxygens (including phenoxy) is 1. The van der Waals surface area contributed by atoms with E-state index < -0.39 is 6.10 Å². The number of allylic oxidation sites excluding steroid dienone is 3. The summed E-state index contributed by atoms with van der Waals surface area (Å²) in [5.41, 5.74) is 2.58. The Labute approximate surface area is 132 Å². The van der Waals surface area contributed by atoms with Crippen molar-refractivity contribution >= 4 is 11.8 Å². The number of hydrogen-bond donors (Lipinski definition) is 0. The molecule has 0 aromatic carbocycles. The van der Waals surface area contributed by atoms with E-state index in [9.17, 15) is 9.59 Å². The van der Waals surface area contributed by atoms with Crippen molar-refractivity contribution in [3.63, 3.8) is 0 Å². The van der Waals surface area contributed by atoms with E-state index in [0.29, 0.717) is 12.0 Å². The third-order valence-electron chi connectivity index (χ3n) is 4.88. The molecule has 0 N–H and O–H groups in total. The lowest BCUT2D eigenvalue weighted by Gasteiger charge is -2.13. The third-order valence-corrected chi connectivity index (χ3v) is 4.88. The second-order valence-electron chi connectivity index (χ2n) is 7.16. The number of esters is 1. The maximum Gasteiger partial charge on any atom is 0.310 e. The summed E-state index contributed by atoms with van der Waals surface area (Å²) >= 11 is 0. The topological polar surface area (TPSA) is 43.4 Å². The third kappa shape index (κ3) is 2.88. The molecule has 2 aliphatic rings. The van der Waals surface area contributed by atoms with Gasteiger partial charge in [-0.1, -0.05) is 25.5 Å². The van der Waals surface area contributed by atoms with Crippen molar-refractivity contribution in [3.8, 4) is 12.3 Å². The van der Waals surface area contributed by atoms with E-state index in [2.05, 4.69) is 25.8 Å². The largest absolute Gasteiger partial charge is 0.457 e. The molecule has 3 heteroatoms. The van der Waals surface area contributed by atoms with Gasteiger partial charge in [0.15, 0.2) is 5.78 Å². The van der Waals surface area contributed by atoms with Crippen LogP contribution in [0.3, 0.4) is 0 Å². The Hall–Kier alpha value is -1.82. The van der Waals surface area contributed by atoms with Gasteiger partial charge in [-0.25, -0.2) is 0 Å². The van der Waals surface area contributed by atoms with Crippen LogP contribution < -0.4 is 0 Å². The molecule has 0 unspecified atom stereocenters. The van der Waals surface area contributed by atoms with Gasteiger partial charge in [0.25, 0.3) is 0 Å². The van der Waals surface area contributed by atoms with Gasteiger partial charge in [-0.15, -0.1) is 12.3 Å². The molecule has 0 amide bonds. The van der Waals surface area contributed by atoms with Gasteiger partial charge in [0, 0.05) is 12.0 Å². The first-order valence-corrected chi connectivity index (χ1v) is 7.72. The Bertz CT molecular complexity index is 609. The molecule has 0 saturated heterocycles. The van der Waals surface area contributed by atoms with Crippen molar-refractivity contribution < 1.29 is 14.3 Å². The highest BCUT2D eigenvalue weighted by atomic mass is 16.5. The number of terminal acetylenes is 1. The number of ketones is 1. The lowest BCUT2D eigenvalue weighted by molar-refractivity contribution is -0.150. The van der Waals surface area contributed by atoms with E-state index in [1.165, 1.54) is 5.57 Å². The molecule has 1 fully saturated rings. The van der Waals surface area contributed by atoms with Crippen LogP contribution in [0.5, 0.6) is 0 Å². The molecule has 3 nitrogen and oxygen atoms in total. The zero-order valence-corrected chi connectivity index (χ0v) is 14.0. The second-order valence-corrected chi connectivity index (χ2v) is 7.16. The van der Waals surface area contributed by atoms with Crippen molar-refractivity contribution in [1.29, 1.82) is 0 Å². The van der Waals surface area contributed by atoms with Crippen LogP contribution in [-0.2, 0) is 14.3 Å². The Morgan fingerprint density at radius 2 is 2.09 bits per heavy atom. The highest BCUT2D eigenvalue weighted by molar-refractivity contribution is 6.00. The van der Waals surface area contributed by atoms with Crippen molar-refractivity contribution in [2.24, 2.45) is 17.3 Å². The number of Topliss-reactive ketones (excluding diaryl/α,β-unsaturated/α-hetero) is 1. The molecular weight excluding hydrogens is 276 g/mol. The van der Waals surface area contributed by atoms with Crippen molar-refractivity contribution in [2.45, 2.75) is 53.6 Å². The molecule has 0 aliphatic heterocycles. The predicted octanol–water partition coefficient (Wildman–Crippen LogP) is 3.45. The molecule has 22 heavy (non-hydrogen) atoms. The van der Waals surface area contributed by atoms with Crippen molar-refractivity contribution in [3.05, 3.63) is 22.8 Å². The average molecular weight is 300 g/mol. The fourth-order valence-corrected chi connectivity index (χ4v) is 3.34. The number of hydrogen-bond acceptors (Lipinski definition) is 3. The van der Waals surface area contributed by atoms with Gasteiger partial charge in [-0.2, -0.15) is 0 Å². The van der Waals surface area contributed by atoms with Crippen LogP contribution in [0.2, 0.25) is 0 Å². The fourth-order valence-electron chi connectivity index (χ4n) is 3.34. The molecule has 0 radical (unpaired) electrons. The number of carbonyl (C=O) groups excluding carboxylic acids is 2. The Morgan fingerprint density at radius 1 is 1.45 bits per heavy atom. The maximum atomic E-state index is 12.5. The molecule has 0 heterocycles. The minimum Gasteiger partial charge on any atom is -0.457 e. The van der Waals surface area contributed by atoms with E-state index in [1.807, 2.05) is 20.8 Å². The molecule has 118 valence electrons. The minimum absolute atomic E-state index is 0.00385. The summed E-state index contributed by atoms with van der Waals surface area (Å²) in [6, 6.07) is 0. The van der Waals surface area contributed by atoms with Gasteiger partial charge in [0.1, 0.15) is 6.10 Å². The summed E-state index contributed by atoms with van der Waals surface area (Å²) in [5.74, 6) is 2.39. The van der Waals surface area contributed by atoms with Gasteiger partial charge in [-0.05, 0) is 37.7 Å². The monoisotopic (exact) mass is 300 g/mol. The maximum absolute atomic E-state index is 12.5. The lowest BCUT2D eigenvalue weighted by atomic mass is 10.1. The summed E-state index contributed by atoms with van der Waals surface area (Å²) < 4.78 is 5.63. The van der Waals surface area contributed by atoms with Crippen LogP contribution in [-0.4, -0.2) is 17.9 Å².